The molecule has 0 spiro atoms. The quantitative estimate of drug-likeness (QED) is 0.673. The molecule has 0 radical (unpaired) electrons. The lowest BCUT2D eigenvalue weighted by atomic mass is 10.1. The Kier molecular flexibility index (Phi) is 5.12. The van der Waals surface area contributed by atoms with Crippen molar-refractivity contribution >= 4 is 45.1 Å². The summed E-state index contributed by atoms with van der Waals surface area (Å²) in [5.74, 6) is 0.407. The van der Waals surface area contributed by atoms with Crippen LogP contribution in [0.5, 0.6) is 0 Å². The number of thioether (sulfide) groups is 1. The van der Waals surface area contributed by atoms with Crippen LogP contribution < -0.4 is 5.32 Å². The van der Waals surface area contributed by atoms with Gasteiger partial charge in [0.25, 0.3) is 0 Å². The molecule has 1 aliphatic heterocycles. The SMILES string of the molecule is CC(=O)NC1CCCN(C(=O)CSc2ncnc3ccsc23)C1. The Morgan fingerprint density at radius 1 is 1.48 bits per heavy atom. The second kappa shape index (κ2) is 7.27. The number of hydrogen-bond acceptors (Lipinski definition) is 6. The molecule has 0 aromatic carbocycles. The Balaban J connectivity index is 1.58. The molecule has 1 unspecified atom stereocenters. The number of rotatable bonds is 4. The number of aromatic nitrogens is 2. The molecule has 1 aliphatic rings. The minimum atomic E-state index is -0.0419. The molecular formula is C15H18N4O2S2. The van der Waals surface area contributed by atoms with Crippen LogP contribution in [0.15, 0.2) is 22.8 Å². The summed E-state index contributed by atoms with van der Waals surface area (Å²) in [7, 11) is 0. The molecule has 6 nitrogen and oxygen atoms in total. The van der Waals surface area contributed by atoms with Gasteiger partial charge < -0.3 is 10.2 Å². The van der Waals surface area contributed by atoms with Crippen LogP contribution in [-0.4, -0.2) is 51.6 Å². The fourth-order valence-corrected chi connectivity index (χ4v) is 4.55. The average molecular weight is 350 g/mol. The summed E-state index contributed by atoms with van der Waals surface area (Å²) >= 11 is 3.04. The van der Waals surface area contributed by atoms with E-state index < -0.39 is 0 Å². The van der Waals surface area contributed by atoms with E-state index in [1.54, 1.807) is 11.3 Å². The predicted molar refractivity (Wildman–Crippen MR) is 91.6 cm³/mol. The second-order valence-electron chi connectivity index (χ2n) is 5.48. The molecule has 1 fully saturated rings. The Hall–Kier alpha value is -1.67. The molecule has 3 heterocycles. The summed E-state index contributed by atoms with van der Waals surface area (Å²) in [6.45, 7) is 2.86. The molecule has 2 amide bonds. The van der Waals surface area contributed by atoms with Gasteiger partial charge in [-0.25, -0.2) is 9.97 Å². The van der Waals surface area contributed by atoms with Crippen molar-refractivity contribution in [1.82, 2.24) is 20.2 Å². The number of nitrogens with zero attached hydrogens (tertiary/aromatic N) is 3. The smallest absolute Gasteiger partial charge is 0.233 e. The number of amides is 2. The van der Waals surface area contributed by atoms with Gasteiger partial charge in [-0.15, -0.1) is 11.3 Å². The van der Waals surface area contributed by atoms with E-state index in [9.17, 15) is 9.59 Å². The minimum absolute atomic E-state index is 0.0419. The van der Waals surface area contributed by atoms with Gasteiger partial charge in [-0.05, 0) is 24.3 Å². The first kappa shape index (κ1) is 16.2. The van der Waals surface area contributed by atoms with Crippen molar-refractivity contribution in [2.75, 3.05) is 18.8 Å². The summed E-state index contributed by atoms with van der Waals surface area (Å²) in [5.41, 5.74) is 0.920. The van der Waals surface area contributed by atoms with Gasteiger partial charge in [0.15, 0.2) is 0 Å². The van der Waals surface area contributed by atoms with Crippen LogP contribution in [0, 0.1) is 0 Å². The fourth-order valence-electron chi connectivity index (χ4n) is 2.70. The van der Waals surface area contributed by atoms with Crippen molar-refractivity contribution in [2.45, 2.75) is 30.8 Å². The van der Waals surface area contributed by atoms with Gasteiger partial charge in [0, 0.05) is 26.1 Å². The fraction of sp³-hybridized carbons (Fsp3) is 0.467. The molecule has 1 N–H and O–H groups in total. The molecule has 3 rings (SSSR count). The van der Waals surface area contributed by atoms with Gasteiger partial charge in [0.1, 0.15) is 11.4 Å². The second-order valence-corrected chi connectivity index (χ2v) is 7.36. The topological polar surface area (TPSA) is 75.2 Å². The molecule has 8 heteroatoms. The number of likely N-dealkylation sites (tertiary alicyclic amines) is 1. The van der Waals surface area contributed by atoms with Gasteiger partial charge >= 0.3 is 0 Å². The molecule has 0 aliphatic carbocycles. The monoisotopic (exact) mass is 350 g/mol. The zero-order valence-corrected chi connectivity index (χ0v) is 14.5. The van der Waals surface area contributed by atoms with Crippen LogP contribution in [0.1, 0.15) is 19.8 Å². The minimum Gasteiger partial charge on any atom is -0.352 e. The van der Waals surface area contributed by atoms with Crippen LogP contribution in [0.4, 0.5) is 0 Å². The van der Waals surface area contributed by atoms with Crippen molar-refractivity contribution in [2.24, 2.45) is 0 Å². The molecule has 1 saturated heterocycles. The van der Waals surface area contributed by atoms with Gasteiger partial charge in [-0.3, -0.25) is 9.59 Å². The van der Waals surface area contributed by atoms with Crippen LogP contribution >= 0.6 is 23.1 Å². The summed E-state index contributed by atoms with van der Waals surface area (Å²) in [6.07, 6.45) is 3.39. The molecule has 1 atom stereocenters. The predicted octanol–water partition coefficient (Wildman–Crippen LogP) is 1.91. The van der Waals surface area contributed by atoms with E-state index in [1.807, 2.05) is 16.3 Å². The van der Waals surface area contributed by atoms with Crippen LogP contribution in [0.25, 0.3) is 10.2 Å². The van der Waals surface area contributed by atoms with Crippen molar-refractivity contribution in [1.29, 1.82) is 0 Å². The lowest BCUT2D eigenvalue weighted by Crippen LogP contribution is -2.49. The zero-order valence-electron chi connectivity index (χ0n) is 12.8. The lowest BCUT2D eigenvalue weighted by Gasteiger charge is -2.33. The highest BCUT2D eigenvalue weighted by Gasteiger charge is 2.24. The standard InChI is InChI=1S/C15H18N4O2S2/c1-10(20)18-11-3-2-5-19(7-11)13(21)8-23-15-14-12(4-6-22-14)16-9-17-15/h4,6,9,11H,2-3,5,7-8H2,1H3,(H,18,20). The van der Waals surface area contributed by atoms with E-state index in [4.69, 9.17) is 0 Å². The highest BCUT2D eigenvalue weighted by atomic mass is 32.2. The van der Waals surface area contributed by atoms with Crippen molar-refractivity contribution in [3.63, 3.8) is 0 Å². The third-order valence-corrected chi connectivity index (χ3v) is 5.74. The molecule has 2 aromatic heterocycles. The highest BCUT2D eigenvalue weighted by Crippen LogP contribution is 2.28. The van der Waals surface area contributed by atoms with E-state index in [0.29, 0.717) is 12.3 Å². The van der Waals surface area contributed by atoms with Gasteiger partial charge in [0.05, 0.1) is 16.0 Å². The van der Waals surface area contributed by atoms with E-state index >= 15 is 0 Å². The summed E-state index contributed by atoms with van der Waals surface area (Å²) in [6, 6.07) is 2.02. The number of carbonyl (C=O) groups excluding carboxylic acids is 2. The molecule has 23 heavy (non-hydrogen) atoms. The number of piperidine rings is 1. The van der Waals surface area contributed by atoms with Gasteiger partial charge in [0.2, 0.25) is 11.8 Å². The Morgan fingerprint density at radius 2 is 2.35 bits per heavy atom. The largest absolute Gasteiger partial charge is 0.352 e. The molecular weight excluding hydrogens is 332 g/mol. The number of hydrogen-bond donors (Lipinski definition) is 1. The lowest BCUT2D eigenvalue weighted by molar-refractivity contribution is -0.130. The Labute approximate surface area is 142 Å². The summed E-state index contributed by atoms with van der Waals surface area (Å²) in [4.78, 5) is 33.9. The first-order chi connectivity index (χ1) is 11.1. The number of fused-ring (bicyclic) bond motifs is 1. The molecule has 0 bridgehead atoms. The first-order valence-corrected chi connectivity index (χ1v) is 9.36. The van der Waals surface area contributed by atoms with E-state index in [2.05, 4.69) is 15.3 Å². The third-order valence-electron chi connectivity index (χ3n) is 3.72. The van der Waals surface area contributed by atoms with Crippen molar-refractivity contribution in [3.05, 3.63) is 17.8 Å². The number of nitrogens with one attached hydrogen (secondary N) is 1. The summed E-state index contributed by atoms with van der Waals surface area (Å²) in [5, 5.41) is 5.74. The van der Waals surface area contributed by atoms with E-state index in [1.165, 1.54) is 25.0 Å². The Bertz CT molecular complexity index is 718. The van der Waals surface area contributed by atoms with Gasteiger partial charge in [-0.2, -0.15) is 0 Å². The Morgan fingerprint density at radius 3 is 3.17 bits per heavy atom. The maximum atomic E-state index is 12.4. The normalized spacial score (nSPS) is 18.1. The van der Waals surface area contributed by atoms with Crippen molar-refractivity contribution < 1.29 is 9.59 Å². The van der Waals surface area contributed by atoms with E-state index in [-0.39, 0.29) is 17.9 Å². The highest BCUT2D eigenvalue weighted by molar-refractivity contribution is 8.00. The molecule has 0 saturated carbocycles. The number of carbonyl (C=O) groups is 2. The van der Waals surface area contributed by atoms with Gasteiger partial charge in [-0.1, -0.05) is 11.8 Å². The van der Waals surface area contributed by atoms with Crippen molar-refractivity contribution in [3.8, 4) is 0 Å². The average Bonchev–Trinajstić information content (AvgIpc) is 3.01. The number of thiophene rings is 1. The maximum Gasteiger partial charge on any atom is 0.233 e. The van der Waals surface area contributed by atoms with Crippen LogP contribution in [-0.2, 0) is 9.59 Å². The van der Waals surface area contributed by atoms with E-state index in [0.717, 1.165) is 34.6 Å². The molecule has 2 aromatic rings. The van der Waals surface area contributed by atoms with Crippen LogP contribution in [0.2, 0.25) is 0 Å². The summed E-state index contributed by atoms with van der Waals surface area (Å²) < 4.78 is 1.03. The first-order valence-electron chi connectivity index (χ1n) is 7.49. The maximum absolute atomic E-state index is 12.4. The zero-order chi connectivity index (χ0) is 16.2. The third kappa shape index (κ3) is 4.00. The molecule has 122 valence electrons. The van der Waals surface area contributed by atoms with Crippen LogP contribution in [0.3, 0.4) is 0 Å².